The minimum absolute atomic E-state index is 0.000561. The number of unbranched alkanes of at least 4 members (excludes halogenated alkanes) is 1. The lowest BCUT2D eigenvalue weighted by Gasteiger charge is -2.05. The molecule has 0 aliphatic heterocycles. The van der Waals surface area contributed by atoms with Crippen LogP contribution in [0.3, 0.4) is 0 Å². The van der Waals surface area contributed by atoms with Crippen LogP contribution in [0.15, 0.2) is 0 Å². The molecular weight excluding hydrogens is 128 g/mol. The lowest BCUT2D eigenvalue weighted by atomic mass is 10.2. The third kappa shape index (κ3) is 5.60. The molecule has 0 aromatic heterocycles. The summed E-state index contributed by atoms with van der Waals surface area (Å²) in [4.78, 5) is 10.7. The normalized spacial score (nSPS) is 10.0. The lowest BCUT2D eigenvalue weighted by Crippen LogP contribution is -2.11. The Hall–Kier alpha value is -0.530. The summed E-state index contributed by atoms with van der Waals surface area (Å²) >= 11 is 0. The van der Waals surface area contributed by atoms with Gasteiger partial charge in [-0.25, -0.2) is 0 Å². The summed E-state index contributed by atoms with van der Waals surface area (Å²) in [5.41, 5.74) is 0. The van der Waals surface area contributed by atoms with Gasteiger partial charge in [0.1, 0.15) is 0 Å². The van der Waals surface area contributed by atoms with Gasteiger partial charge in [0.15, 0.2) is 0 Å². The first-order valence-electron chi connectivity index (χ1n) is 3.70. The molecule has 0 amide bonds. The quantitative estimate of drug-likeness (QED) is 0.562. The van der Waals surface area contributed by atoms with Gasteiger partial charge in [-0.05, 0) is 20.3 Å². The molecule has 0 N–H and O–H groups in total. The van der Waals surface area contributed by atoms with Gasteiger partial charge in [-0.1, -0.05) is 13.3 Å². The lowest BCUT2D eigenvalue weighted by molar-refractivity contribution is -0.143. The fourth-order valence-corrected chi connectivity index (χ4v) is 0.543. The highest BCUT2D eigenvalue weighted by molar-refractivity contribution is 5.78. The largest absolute Gasteiger partial charge is 0.463 e. The van der Waals surface area contributed by atoms with E-state index >= 15 is 0 Å². The van der Waals surface area contributed by atoms with Gasteiger partial charge < -0.3 is 4.74 Å². The van der Waals surface area contributed by atoms with Crippen LogP contribution >= 0.6 is 0 Å². The van der Waals surface area contributed by atoms with Crippen LogP contribution in [-0.2, 0) is 9.53 Å². The second-order valence-electron chi connectivity index (χ2n) is 2.48. The monoisotopic (exact) mass is 143 g/mol. The van der Waals surface area contributed by atoms with Crippen molar-refractivity contribution >= 4 is 5.97 Å². The van der Waals surface area contributed by atoms with Crippen LogP contribution in [0.5, 0.6) is 0 Å². The summed E-state index contributed by atoms with van der Waals surface area (Å²) in [6.07, 6.45) is 3.39. The van der Waals surface area contributed by atoms with Crippen molar-refractivity contribution < 1.29 is 9.53 Å². The predicted molar refractivity (Wildman–Crippen MR) is 40.4 cm³/mol. The van der Waals surface area contributed by atoms with Crippen molar-refractivity contribution in [1.82, 2.24) is 0 Å². The zero-order valence-corrected chi connectivity index (χ0v) is 6.89. The number of hydrogen-bond acceptors (Lipinski definition) is 2. The first-order valence-corrected chi connectivity index (χ1v) is 3.70. The van der Waals surface area contributed by atoms with Crippen LogP contribution in [0.1, 0.15) is 33.6 Å². The Kier molecular flexibility index (Phi) is 4.99. The molecule has 0 fully saturated rings. The van der Waals surface area contributed by atoms with Crippen molar-refractivity contribution in [3.05, 3.63) is 6.42 Å². The molecule has 1 radical (unpaired) electrons. The number of carbonyl (C=O) groups is 1. The molecule has 0 rings (SSSR count). The molecule has 10 heavy (non-hydrogen) atoms. The molecule has 0 saturated heterocycles. The average molecular weight is 143 g/mol. The molecule has 0 aliphatic carbocycles. The predicted octanol–water partition coefficient (Wildman–Crippen LogP) is 1.94. The number of rotatable bonds is 4. The van der Waals surface area contributed by atoms with Crippen LogP contribution in [0.2, 0.25) is 0 Å². The molecule has 59 valence electrons. The zero-order chi connectivity index (χ0) is 7.98. The maximum absolute atomic E-state index is 10.7. The summed E-state index contributed by atoms with van der Waals surface area (Å²) < 4.78 is 4.86. The molecule has 0 aliphatic rings. The van der Waals surface area contributed by atoms with Crippen molar-refractivity contribution in [1.29, 1.82) is 0 Å². The highest BCUT2D eigenvalue weighted by Crippen LogP contribution is 1.97. The van der Waals surface area contributed by atoms with Gasteiger partial charge in [-0.3, -0.25) is 4.79 Å². The minimum atomic E-state index is -0.197. The third-order valence-electron chi connectivity index (χ3n) is 0.952. The van der Waals surface area contributed by atoms with Gasteiger partial charge in [0.2, 0.25) is 0 Å². The van der Waals surface area contributed by atoms with E-state index in [9.17, 15) is 4.79 Å². The van der Waals surface area contributed by atoms with Gasteiger partial charge in [-0.15, -0.1) is 0 Å². The summed E-state index contributed by atoms with van der Waals surface area (Å²) in [6.45, 7) is 5.72. The van der Waals surface area contributed by atoms with Crippen molar-refractivity contribution in [2.45, 2.75) is 39.7 Å². The van der Waals surface area contributed by atoms with E-state index in [1.54, 1.807) is 6.42 Å². The molecule has 0 spiro atoms. The van der Waals surface area contributed by atoms with Crippen molar-refractivity contribution in [2.24, 2.45) is 0 Å². The number of esters is 1. The van der Waals surface area contributed by atoms with E-state index in [2.05, 4.69) is 0 Å². The van der Waals surface area contributed by atoms with Crippen LogP contribution in [0.25, 0.3) is 0 Å². The zero-order valence-electron chi connectivity index (χ0n) is 6.89. The first kappa shape index (κ1) is 9.47. The van der Waals surface area contributed by atoms with Crippen LogP contribution < -0.4 is 0 Å². The van der Waals surface area contributed by atoms with E-state index in [0.717, 1.165) is 12.8 Å². The van der Waals surface area contributed by atoms with Gasteiger partial charge in [0.25, 0.3) is 0 Å². The van der Waals surface area contributed by atoms with Gasteiger partial charge in [0, 0.05) is 0 Å². The van der Waals surface area contributed by atoms with Gasteiger partial charge in [0.05, 0.1) is 12.5 Å². The third-order valence-corrected chi connectivity index (χ3v) is 0.952. The molecule has 0 bridgehead atoms. The summed E-state index contributed by atoms with van der Waals surface area (Å²) in [6, 6.07) is 0. The fraction of sp³-hybridized carbons (Fsp3) is 0.750. The molecule has 2 nitrogen and oxygen atoms in total. The van der Waals surface area contributed by atoms with E-state index in [1.807, 2.05) is 20.8 Å². The Bertz CT molecular complexity index is 97.4. The van der Waals surface area contributed by atoms with E-state index in [1.165, 1.54) is 0 Å². The Morgan fingerprint density at radius 1 is 1.60 bits per heavy atom. The van der Waals surface area contributed by atoms with E-state index in [4.69, 9.17) is 4.74 Å². The Balaban J connectivity index is 3.26. The highest BCUT2D eigenvalue weighted by Gasteiger charge is 2.03. The molecule has 2 heteroatoms. The maximum Gasteiger partial charge on any atom is 0.310 e. The van der Waals surface area contributed by atoms with E-state index < -0.39 is 0 Å². The Morgan fingerprint density at radius 2 is 2.20 bits per heavy atom. The highest BCUT2D eigenvalue weighted by atomic mass is 16.5. The summed E-state index contributed by atoms with van der Waals surface area (Å²) in [5, 5.41) is 0. The average Bonchev–Trinajstić information content (AvgIpc) is 1.82. The van der Waals surface area contributed by atoms with E-state index in [0.29, 0.717) is 0 Å². The second kappa shape index (κ2) is 5.27. The maximum atomic E-state index is 10.7. The molecule has 0 atom stereocenters. The number of carbonyl (C=O) groups excluding carboxylic acids is 1. The van der Waals surface area contributed by atoms with Crippen molar-refractivity contribution in [3.8, 4) is 0 Å². The summed E-state index contributed by atoms with van der Waals surface area (Å²) in [7, 11) is 0. The SMILES string of the molecule is CCC[CH]C(=O)OC(C)C. The second-order valence-corrected chi connectivity index (χ2v) is 2.48. The van der Waals surface area contributed by atoms with Crippen molar-refractivity contribution in [2.75, 3.05) is 0 Å². The van der Waals surface area contributed by atoms with Crippen LogP contribution in [0, 0.1) is 6.42 Å². The Labute approximate surface area is 62.6 Å². The Morgan fingerprint density at radius 3 is 2.60 bits per heavy atom. The van der Waals surface area contributed by atoms with Crippen LogP contribution in [-0.4, -0.2) is 12.1 Å². The first-order chi connectivity index (χ1) is 4.66. The van der Waals surface area contributed by atoms with Crippen LogP contribution in [0.4, 0.5) is 0 Å². The smallest absolute Gasteiger partial charge is 0.310 e. The van der Waals surface area contributed by atoms with Crippen molar-refractivity contribution in [3.63, 3.8) is 0 Å². The minimum Gasteiger partial charge on any atom is -0.463 e. The molecule has 0 unspecified atom stereocenters. The molecule has 0 heterocycles. The fourth-order valence-electron chi connectivity index (χ4n) is 0.543. The van der Waals surface area contributed by atoms with E-state index in [-0.39, 0.29) is 12.1 Å². The van der Waals surface area contributed by atoms with Gasteiger partial charge >= 0.3 is 5.97 Å². The molecular formula is C8H15O2. The number of ether oxygens (including phenoxy) is 1. The van der Waals surface area contributed by atoms with Gasteiger partial charge in [-0.2, -0.15) is 0 Å². The summed E-state index contributed by atoms with van der Waals surface area (Å²) in [5.74, 6) is -0.197. The standard InChI is InChI=1S/C8H15O2/c1-4-5-6-8(9)10-7(2)3/h6-7H,4-5H2,1-3H3. The molecule has 0 aromatic rings. The topological polar surface area (TPSA) is 26.3 Å². The molecule has 0 saturated carbocycles. The number of hydrogen-bond donors (Lipinski definition) is 0. The molecule has 0 aromatic carbocycles.